The fraction of sp³-hybridized carbons (Fsp3) is 0.190. The van der Waals surface area contributed by atoms with E-state index in [1.54, 1.807) is 50.3 Å². The average molecular weight is 463 g/mol. The molecule has 3 aromatic rings. The lowest BCUT2D eigenvalue weighted by Gasteiger charge is -2.12. The molecule has 9 heteroatoms. The van der Waals surface area contributed by atoms with Gasteiger partial charge in [-0.2, -0.15) is 0 Å². The summed E-state index contributed by atoms with van der Waals surface area (Å²) in [6, 6.07) is 8.63. The molecule has 0 saturated heterocycles. The monoisotopic (exact) mass is 462 g/mol. The van der Waals surface area contributed by atoms with Gasteiger partial charge >= 0.3 is 5.97 Å². The number of hydrogen-bond donors (Lipinski definition) is 0. The lowest BCUT2D eigenvalue weighted by molar-refractivity contribution is -0.138. The average Bonchev–Trinajstić information content (AvgIpc) is 3.28. The molecule has 1 aliphatic heterocycles. The summed E-state index contributed by atoms with van der Waals surface area (Å²) in [6.45, 7) is 3.86. The quantitative estimate of drug-likeness (QED) is 0.553. The van der Waals surface area contributed by atoms with E-state index in [-0.39, 0.29) is 18.7 Å². The van der Waals surface area contributed by atoms with Gasteiger partial charge in [-0.25, -0.2) is 9.79 Å². The molecule has 6 nitrogen and oxygen atoms in total. The Balaban J connectivity index is 1.71. The molecule has 0 atom stereocenters. The van der Waals surface area contributed by atoms with Crippen molar-refractivity contribution in [2.75, 3.05) is 6.61 Å². The second-order valence-electron chi connectivity index (χ2n) is 6.51. The minimum absolute atomic E-state index is 0.133. The molecule has 0 bridgehead atoms. The Morgan fingerprint density at radius 1 is 1.33 bits per heavy atom. The molecular formula is C21H16Cl2N2O4S. The van der Waals surface area contributed by atoms with Gasteiger partial charge in [0.05, 0.1) is 34.0 Å². The number of aromatic nitrogens is 1. The molecule has 2 aromatic heterocycles. The van der Waals surface area contributed by atoms with Crippen LogP contribution in [0.3, 0.4) is 0 Å². The van der Waals surface area contributed by atoms with Crippen molar-refractivity contribution < 1.29 is 13.9 Å². The molecule has 0 fully saturated rings. The van der Waals surface area contributed by atoms with Gasteiger partial charge in [-0.15, -0.1) is 0 Å². The Bertz CT molecular complexity index is 1360. The second-order valence-corrected chi connectivity index (χ2v) is 8.36. The van der Waals surface area contributed by atoms with Crippen LogP contribution in [0.5, 0.6) is 0 Å². The first kappa shape index (κ1) is 20.7. The van der Waals surface area contributed by atoms with E-state index in [1.165, 1.54) is 15.9 Å². The number of furan rings is 1. The second kappa shape index (κ2) is 8.26. The molecule has 0 spiro atoms. The molecule has 4 rings (SSSR count). The SMILES string of the molecule is CCOC(=O)C1=C(C)N=c2s/c(=C\c3ccc(-c4cc(Cl)ccc4Cl)o3)c(=O)n2C1. The topological polar surface area (TPSA) is 73.8 Å². The van der Waals surface area contributed by atoms with Crippen LogP contribution in [0, 0.1) is 0 Å². The van der Waals surface area contributed by atoms with Gasteiger partial charge < -0.3 is 9.15 Å². The van der Waals surface area contributed by atoms with Gasteiger partial charge in [0, 0.05) is 16.7 Å². The molecule has 0 N–H and O–H groups in total. The third-order valence-corrected chi connectivity index (χ3v) is 6.09. The summed E-state index contributed by atoms with van der Waals surface area (Å²) in [6.07, 6.45) is 1.65. The number of esters is 1. The summed E-state index contributed by atoms with van der Waals surface area (Å²) in [4.78, 5) is 29.9. The van der Waals surface area contributed by atoms with Gasteiger partial charge in [-0.05, 0) is 44.2 Å². The van der Waals surface area contributed by atoms with E-state index in [1.807, 2.05) is 0 Å². The van der Waals surface area contributed by atoms with E-state index in [2.05, 4.69) is 4.99 Å². The number of carbonyl (C=O) groups excluding carboxylic acids is 1. The van der Waals surface area contributed by atoms with Crippen molar-refractivity contribution in [1.82, 2.24) is 4.57 Å². The molecule has 0 amide bonds. The molecule has 3 heterocycles. The summed E-state index contributed by atoms with van der Waals surface area (Å²) in [7, 11) is 0. The van der Waals surface area contributed by atoms with Crippen LogP contribution in [0.25, 0.3) is 17.4 Å². The van der Waals surface area contributed by atoms with Crippen LogP contribution in [0.1, 0.15) is 19.6 Å². The van der Waals surface area contributed by atoms with Gasteiger partial charge in [0.25, 0.3) is 5.56 Å². The van der Waals surface area contributed by atoms with Crippen LogP contribution in [0.2, 0.25) is 10.0 Å². The highest BCUT2D eigenvalue weighted by Gasteiger charge is 2.21. The Kier molecular flexibility index (Phi) is 5.69. The molecule has 1 aromatic carbocycles. The minimum atomic E-state index is -0.456. The number of thiazole rings is 1. The largest absolute Gasteiger partial charge is 0.463 e. The third kappa shape index (κ3) is 3.88. The highest BCUT2D eigenvalue weighted by Crippen LogP contribution is 2.31. The number of rotatable bonds is 4. The van der Waals surface area contributed by atoms with Gasteiger partial charge in [-0.1, -0.05) is 34.5 Å². The lowest BCUT2D eigenvalue weighted by Crippen LogP contribution is -2.35. The Morgan fingerprint density at radius 3 is 2.90 bits per heavy atom. The highest BCUT2D eigenvalue weighted by atomic mass is 35.5. The zero-order valence-electron chi connectivity index (χ0n) is 16.1. The number of allylic oxidation sites excluding steroid dienone is 1. The maximum absolute atomic E-state index is 12.9. The van der Waals surface area contributed by atoms with Crippen LogP contribution in [0.4, 0.5) is 0 Å². The summed E-state index contributed by atoms with van der Waals surface area (Å²) >= 11 is 13.5. The zero-order valence-corrected chi connectivity index (χ0v) is 18.4. The Morgan fingerprint density at radius 2 is 2.13 bits per heavy atom. The predicted octanol–water partition coefficient (Wildman–Crippen LogP) is 3.78. The van der Waals surface area contributed by atoms with Crippen LogP contribution in [-0.4, -0.2) is 17.1 Å². The summed E-state index contributed by atoms with van der Waals surface area (Å²) in [5.41, 5.74) is 1.36. The normalized spacial score (nSPS) is 13.9. The van der Waals surface area contributed by atoms with Gasteiger partial charge in [-0.3, -0.25) is 9.36 Å². The lowest BCUT2D eigenvalue weighted by atomic mass is 10.2. The van der Waals surface area contributed by atoms with Crippen molar-refractivity contribution in [2.45, 2.75) is 20.4 Å². The molecule has 0 saturated carbocycles. The predicted molar refractivity (Wildman–Crippen MR) is 116 cm³/mol. The fourth-order valence-corrected chi connectivity index (χ4v) is 4.43. The summed E-state index contributed by atoms with van der Waals surface area (Å²) in [5.74, 6) is 0.580. The number of hydrogen-bond acceptors (Lipinski definition) is 6. The van der Waals surface area contributed by atoms with Crippen molar-refractivity contribution in [3.05, 3.63) is 77.1 Å². The molecule has 0 unspecified atom stereocenters. The van der Waals surface area contributed by atoms with Crippen LogP contribution in [0.15, 0.2) is 55.8 Å². The Hall–Kier alpha value is -2.61. The number of fused-ring (bicyclic) bond motifs is 1. The van der Waals surface area contributed by atoms with E-state index in [0.717, 1.165) is 0 Å². The first-order valence-electron chi connectivity index (χ1n) is 9.09. The fourth-order valence-electron chi connectivity index (χ4n) is 3.04. The van der Waals surface area contributed by atoms with Crippen molar-refractivity contribution in [3.8, 4) is 11.3 Å². The summed E-state index contributed by atoms with van der Waals surface area (Å²) < 4.78 is 12.8. The van der Waals surface area contributed by atoms with Crippen LogP contribution < -0.4 is 14.9 Å². The maximum atomic E-state index is 12.9. The molecule has 0 radical (unpaired) electrons. The van der Waals surface area contributed by atoms with E-state index in [0.29, 0.717) is 47.7 Å². The van der Waals surface area contributed by atoms with Crippen molar-refractivity contribution in [1.29, 1.82) is 0 Å². The molecule has 30 heavy (non-hydrogen) atoms. The number of ether oxygens (including phenoxy) is 1. The number of carbonyl (C=O) groups is 1. The van der Waals surface area contributed by atoms with Crippen LogP contribution >= 0.6 is 34.5 Å². The van der Waals surface area contributed by atoms with Crippen molar-refractivity contribution in [3.63, 3.8) is 0 Å². The number of nitrogens with zero attached hydrogens (tertiary/aromatic N) is 2. The van der Waals surface area contributed by atoms with E-state index in [9.17, 15) is 9.59 Å². The van der Waals surface area contributed by atoms with E-state index >= 15 is 0 Å². The maximum Gasteiger partial charge on any atom is 0.337 e. The van der Waals surface area contributed by atoms with Gasteiger partial charge in [0.15, 0.2) is 4.80 Å². The van der Waals surface area contributed by atoms with E-state index < -0.39 is 5.97 Å². The zero-order chi connectivity index (χ0) is 21.4. The minimum Gasteiger partial charge on any atom is -0.463 e. The first-order chi connectivity index (χ1) is 14.4. The Labute approximate surface area is 185 Å². The highest BCUT2D eigenvalue weighted by molar-refractivity contribution is 7.07. The first-order valence-corrected chi connectivity index (χ1v) is 10.7. The van der Waals surface area contributed by atoms with Gasteiger partial charge in [0.1, 0.15) is 11.5 Å². The standard InChI is InChI=1S/C21H16Cl2N2O4S/c1-3-28-20(27)15-10-25-19(26)18(30-21(25)24-11(15)2)9-13-5-7-17(29-13)14-8-12(22)4-6-16(14)23/h4-9H,3,10H2,1-2H3/b18-9-. The number of benzene rings is 1. The molecular weight excluding hydrogens is 447 g/mol. The van der Waals surface area contributed by atoms with Crippen LogP contribution in [-0.2, 0) is 16.1 Å². The summed E-state index contributed by atoms with van der Waals surface area (Å²) in [5, 5.41) is 1.06. The van der Waals surface area contributed by atoms with Gasteiger partial charge in [0.2, 0.25) is 0 Å². The van der Waals surface area contributed by atoms with Crippen molar-refractivity contribution in [2.24, 2.45) is 4.99 Å². The molecule has 154 valence electrons. The van der Waals surface area contributed by atoms with E-state index in [4.69, 9.17) is 32.4 Å². The smallest absolute Gasteiger partial charge is 0.337 e. The third-order valence-electron chi connectivity index (χ3n) is 4.52. The van der Waals surface area contributed by atoms with Crippen molar-refractivity contribution >= 4 is 46.6 Å². The molecule has 1 aliphatic rings. The molecule has 0 aliphatic carbocycles. The number of halogens is 2.